The van der Waals surface area contributed by atoms with Gasteiger partial charge in [-0.05, 0) is 25.1 Å². The van der Waals surface area contributed by atoms with Crippen LogP contribution in [-0.2, 0) is 6.18 Å². The smallest absolute Gasteiger partial charge is 0.352 e. The number of alkyl halides is 3. The van der Waals surface area contributed by atoms with Crippen LogP contribution in [0.15, 0.2) is 22.7 Å². The van der Waals surface area contributed by atoms with Crippen LogP contribution in [0.5, 0.6) is 0 Å². The number of nitrogens with one attached hydrogen (secondary N) is 1. The number of carbonyl (C=O) groups excluding carboxylic acids is 1. The van der Waals surface area contributed by atoms with Crippen molar-refractivity contribution in [2.75, 3.05) is 6.54 Å². The molecule has 0 radical (unpaired) electrons. The normalized spacial score (nSPS) is 11.3. The Labute approximate surface area is 99.0 Å². The molecule has 0 unspecified atom stereocenters. The minimum Gasteiger partial charge on any atom is -0.352 e. The van der Waals surface area contributed by atoms with E-state index in [1.165, 1.54) is 0 Å². The molecule has 0 saturated carbocycles. The quantitative estimate of drug-likeness (QED) is 0.892. The topological polar surface area (TPSA) is 29.1 Å². The van der Waals surface area contributed by atoms with E-state index in [0.29, 0.717) is 6.54 Å². The van der Waals surface area contributed by atoms with Gasteiger partial charge in [0.25, 0.3) is 5.91 Å². The van der Waals surface area contributed by atoms with E-state index < -0.39 is 17.6 Å². The van der Waals surface area contributed by atoms with E-state index in [2.05, 4.69) is 21.2 Å². The summed E-state index contributed by atoms with van der Waals surface area (Å²) in [5, 5.41) is 2.51. The van der Waals surface area contributed by atoms with Crippen molar-refractivity contribution in [1.82, 2.24) is 5.32 Å². The van der Waals surface area contributed by atoms with Gasteiger partial charge in [0, 0.05) is 16.6 Å². The highest BCUT2D eigenvalue weighted by atomic mass is 79.9. The van der Waals surface area contributed by atoms with Gasteiger partial charge in [0.15, 0.2) is 0 Å². The van der Waals surface area contributed by atoms with Gasteiger partial charge in [-0.2, -0.15) is 13.2 Å². The van der Waals surface area contributed by atoms with E-state index in [1.807, 2.05) is 0 Å². The zero-order valence-corrected chi connectivity index (χ0v) is 9.95. The molecule has 6 heteroatoms. The molecule has 2 nitrogen and oxygen atoms in total. The van der Waals surface area contributed by atoms with Gasteiger partial charge >= 0.3 is 6.18 Å². The fourth-order valence-corrected chi connectivity index (χ4v) is 1.75. The molecule has 0 aliphatic carbocycles. The van der Waals surface area contributed by atoms with Crippen LogP contribution < -0.4 is 5.32 Å². The van der Waals surface area contributed by atoms with E-state index in [9.17, 15) is 18.0 Å². The van der Waals surface area contributed by atoms with Crippen LogP contribution in [0.2, 0.25) is 0 Å². The van der Waals surface area contributed by atoms with Crippen molar-refractivity contribution in [2.24, 2.45) is 0 Å². The average molecular weight is 296 g/mol. The molecule has 1 N–H and O–H groups in total. The Kier molecular flexibility index (Phi) is 3.96. The molecule has 1 aromatic carbocycles. The maximum atomic E-state index is 12.4. The zero-order chi connectivity index (χ0) is 12.3. The molecule has 1 rings (SSSR count). The molecule has 0 spiro atoms. The van der Waals surface area contributed by atoms with Gasteiger partial charge in [0.1, 0.15) is 0 Å². The first-order valence-electron chi connectivity index (χ1n) is 4.51. The number of amides is 1. The second-order valence-corrected chi connectivity index (χ2v) is 3.91. The monoisotopic (exact) mass is 295 g/mol. The van der Waals surface area contributed by atoms with Crippen LogP contribution in [-0.4, -0.2) is 12.5 Å². The number of rotatable bonds is 2. The highest BCUT2D eigenvalue weighted by Gasteiger charge is 2.33. The lowest BCUT2D eigenvalue weighted by molar-refractivity contribution is -0.138. The fraction of sp³-hybridized carbons (Fsp3) is 0.300. The summed E-state index contributed by atoms with van der Waals surface area (Å²) < 4.78 is 37.1. The first-order chi connectivity index (χ1) is 7.36. The number of hydrogen-bond acceptors (Lipinski definition) is 1. The summed E-state index contributed by atoms with van der Waals surface area (Å²) >= 11 is 2.80. The Morgan fingerprint density at radius 2 is 2.06 bits per heavy atom. The lowest BCUT2D eigenvalue weighted by Gasteiger charge is -2.10. The largest absolute Gasteiger partial charge is 0.417 e. The van der Waals surface area contributed by atoms with Crippen molar-refractivity contribution in [1.29, 1.82) is 0 Å². The van der Waals surface area contributed by atoms with E-state index in [4.69, 9.17) is 0 Å². The maximum absolute atomic E-state index is 12.4. The molecule has 0 fully saturated rings. The summed E-state index contributed by atoms with van der Waals surface area (Å²) in [6.45, 7) is 2.16. The van der Waals surface area contributed by atoms with Crippen LogP contribution in [0.25, 0.3) is 0 Å². The molecule has 88 valence electrons. The van der Waals surface area contributed by atoms with Crippen molar-refractivity contribution in [3.8, 4) is 0 Å². The zero-order valence-electron chi connectivity index (χ0n) is 8.36. The van der Waals surface area contributed by atoms with Gasteiger partial charge in [-0.25, -0.2) is 0 Å². The Hall–Kier alpha value is -1.04. The molecule has 1 amide bonds. The average Bonchev–Trinajstić information content (AvgIpc) is 2.16. The predicted octanol–water partition coefficient (Wildman–Crippen LogP) is 3.22. The van der Waals surface area contributed by atoms with Crippen molar-refractivity contribution >= 4 is 21.8 Å². The molecule has 1 aromatic rings. The summed E-state index contributed by atoms with van der Waals surface area (Å²) in [4.78, 5) is 11.3. The molecule has 0 bridgehead atoms. The third-order valence-electron chi connectivity index (χ3n) is 1.87. The van der Waals surface area contributed by atoms with Gasteiger partial charge in [-0.3, -0.25) is 4.79 Å². The van der Waals surface area contributed by atoms with Crippen molar-refractivity contribution in [3.05, 3.63) is 33.8 Å². The highest BCUT2D eigenvalue weighted by Crippen LogP contribution is 2.35. The third kappa shape index (κ3) is 2.98. The molecule has 0 heterocycles. The lowest BCUT2D eigenvalue weighted by Crippen LogP contribution is -2.22. The van der Waals surface area contributed by atoms with Crippen molar-refractivity contribution < 1.29 is 18.0 Å². The molecule has 0 aromatic heterocycles. The Morgan fingerprint density at radius 3 is 2.50 bits per heavy atom. The molecule has 16 heavy (non-hydrogen) atoms. The Bertz CT molecular complexity index is 404. The molecular formula is C10H9BrF3NO. The Morgan fingerprint density at radius 1 is 1.44 bits per heavy atom. The summed E-state index contributed by atoms with van der Waals surface area (Å²) in [5.74, 6) is -0.392. The van der Waals surface area contributed by atoms with Crippen molar-refractivity contribution in [3.63, 3.8) is 0 Å². The first-order valence-corrected chi connectivity index (χ1v) is 5.30. The number of halogens is 4. The number of carbonyl (C=O) groups is 1. The van der Waals surface area contributed by atoms with Crippen LogP contribution in [0.1, 0.15) is 22.8 Å². The summed E-state index contributed by atoms with van der Waals surface area (Å²) in [6, 6.07) is 3.20. The SMILES string of the molecule is CCNC(=O)c1ccc(C(F)(F)F)c(Br)c1. The summed E-state index contributed by atoms with van der Waals surface area (Å²) in [6.07, 6.45) is -4.42. The molecule has 0 aliphatic heterocycles. The maximum Gasteiger partial charge on any atom is 0.417 e. The van der Waals surface area contributed by atoms with Gasteiger partial charge in [-0.1, -0.05) is 15.9 Å². The standard InChI is InChI=1S/C10H9BrF3NO/c1-2-15-9(16)6-3-4-7(8(11)5-6)10(12,13)14/h3-5H,2H2,1H3,(H,15,16). The lowest BCUT2D eigenvalue weighted by atomic mass is 10.1. The predicted molar refractivity (Wildman–Crippen MR) is 57.2 cm³/mol. The second kappa shape index (κ2) is 4.86. The fourth-order valence-electron chi connectivity index (χ4n) is 1.15. The van der Waals surface area contributed by atoms with Crippen molar-refractivity contribution in [2.45, 2.75) is 13.1 Å². The number of hydrogen-bond donors (Lipinski definition) is 1. The van der Waals surface area contributed by atoms with E-state index in [0.717, 1.165) is 18.2 Å². The molecular weight excluding hydrogens is 287 g/mol. The number of benzene rings is 1. The van der Waals surface area contributed by atoms with E-state index in [1.54, 1.807) is 6.92 Å². The minimum absolute atomic E-state index is 0.135. The highest BCUT2D eigenvalue weighted by molar-refractivity contribution is 9.10. The van der Waals surface area contributed by atoms with Gasteiger partial charge < -0.3 is 5.32 Å². The van der Waals surface area contributed by atoms with E-state index >= 15 is 0 Å². The minimum atomic E-state index is -4.42. The first kappa shape index (κ1) is 13.0. The van der Waals surface area contributed by atoms with Gasteiger partial charge in [0.05, 0.1) is 5.56 Å². The van der Waals surface area contributed by atoms with Crippen LogP contribution in [0.4, 0.5) is 13.2 Å². The van der Waals surface area contributed by atoms with Crippen LogP contribution in [0.3, 0.4) is 0 Å². The van der Waals surface area contributed by atoms with Crippen LogP contribution >= 0.6 is 15.9 Å². The van der Waals surface area contributed by atoms with Gasteiger partial charge in [0.2, 0.25) is 0 Å². The molecule has 0 saturated heterocycles. The van der Waals surface area contributed by atoms with Gasteiger partial charge in [-0.15, -0.1) is 0 Å². The second-order valence-electron chi connectivity index (χ2n) is 3.05. The van der Waals surface area contributed by atoms with Crippen LogP contribution in [0, 0.1) is 0 Å². The van der Waals surface area contributed by atoms with E-state index in [-0.39, 0.29) is 10.0 Å². The molecule has 0 aliphatic rings. The molecule has 0 atom stereocenters. The Balaban J connectivity index is 3.05. The third-order valence-corrected chi connectivity index (χ3v) is 2.53. The summed E-state index contributed by atoms with van der Waals surface area (Å²) in [5.41, 5.74) is -0.595. The summed E-state index contributed by atoms with van der Waals surface area (Å²) in [7, 11) is 0.